The molecule has 1 saturated heterocycles. The van der Waals surface area contributed by atoms with Gasteiger partial charge < -0.3 is 14.4 Å². The highest BCUT2D eigenvalue weighted by atomic mass is 35.5. The normalized spacial score (nSPS) is 21.2. The van der Waals surface area contributed by atoms with E-state index in [1.807, 2.05) is 0 Å². The van der Waals surface area contributed by atoms with E-state index in [9.17, 15) is 0 Å². The van der Waals surface area contributed by atoms with E-state index in [2.05, 4.69) is 11.8 Å². The first kappa shape index (κ1) is 14.2. The summed E-state index contributed by atoms with van der Waals surface area (Å²) in [6.07, 6.45) is 3.80. The summed E-state index contributed by atoms with van der Waals surface area (Å²) >= 11 is 5.61. The van der Waals surface area contributed by atoms with Crippen molar-refractivity contribution >= 4 is 11.6 Å². The highest BCUT2D eigenvalue weighted by Gasteiger charge is 2.22. The molecule has 1 unspecified atom stereocenters. The van der Waals surface area contributed by atoms with Crippen LogP contribution in [0, 0.1) is 0 Å². The largest absolute Gasteiger partial charge is 0.385 e. The Balaban J connectivity index is 2.15. The van der Waals surface area contributed by atoms with Gasteiger partial charge in [-0.25, -0.2) is 0 Å². The number of hydrogen-bond donors (Lipinski definition) is 0. The number of ether oxygens (including phenoxy) is 2. The van der Waals surface area contributed by atoms with Gasteiger partial charge in [-0.1, -0.05) is 0 Å². The van der Waals surface area contributed by atoms with E-state index in [1.54, 1.807) is 7.11 Å². The summed E-state index contributed by atoms with van der Waals surface area (Å²) in [7, 11) is 1.76. The van der Waals surface area contributed by atoms with Gasteiger partial charge in [0.25, 0.3) is 0 Å². The van der Waals surface area contributed by atoms with Crippen molar-refractivity contribution in [1.82, 2.24) is 4.90 Å². The number of rotatable bonds is 7. The van der Waals surface area contributed by atoms with Crippen LogP contribution in [0.1, 0.15) is 26.2 Å². The number of alkyl halides is 1. The zero-order valence-corrected chi connectivity index (χ0v) is 11.2. The molecule has 0 radical (unpaired) electrons. The summed E-state index contributed by atoms with van der Waals surface area (Å²) in [5.74, 6) is 0.602. The van der Waals surface area contributed by atoms with Crippen LogP contribution in [0.5, 0.6) is 0 Å². The van der Waals surface area contributed by atoms with Gasteiger partial charge >= 0.3 is 0 Å². The molecule has 3 nitrogen and oxygen atoms in total. The van der Waals surface area contributed by atoms with E-state index in [-0.39, 0.29) is 0 Å². The Morgan fingerprint density at radius 3 is 2.56 bits per heavy atom. The van der Waals surface area contributed by atoms with Crippen LogP contribution in [0.25, 0.3) is 0 Å². The van der Waals surface area contributed by atoms with Gasteiger partial charge in [0, 0.05) is 38.7 Å². The van der Waals surface area contributed by atoms with Crippen molar-refractivity contribution in [3.63, 3.8) is 0 Å². The summed E-state index contributed by atoms with van der Waals surface area (Å²) < 4.78 is 10.8. The molecule has 16 heavy (non-hydrogen) atoms. The molecule has 0 bridgehead atoms. The van der Waals surface area contributed by atoms with Gasteiger partial charge in [-0.3, -0.25) is 0 Å². The molecule has 0 N–H and O–H groups in total. The minimum absolute atomic E-state index is 0.421. The molecule has 0 amide bonds. The molecule has 1 rings (SSSR count). The van der Waals surface area contributed by atoms with Gasteiger partial charge in [0.05, 0.1) is 12.7 Å². The highest BCUT2D eigenvalue weighted by molar-refractivity contribution is 6.17. The Bertz CT molecular complexity index is 172. The van der Waals surface area contributed by atoms with Gasteiger partial charge in [0.15, 0.2) is 0 Å². The predicted octanol–water partition coefficient (Wildman–Crippen LogP) is 2.13. The first-order chi connectivity index (χ1) is 7.77. The van der Waals surface area contributed by atoms with Crippen molar-refractivity contribution in [1.29, 1.82) is 0 Å². The summed E-state index contributed by atoms with van der Waals surface area (Å²) in [4.78, 5) is 2.53. The van der Waals surface area contributed by atoms with Crippen LogP contribution in [-0.2, 0) is 9.47 Å². The van der Waals surface area contributed by atoms with Gasteiger partial charge in [0.1, 0.15) is 0 Å². The second-order valence-corrected chi connectivity index (χ2v) is 4.80. The maximum Gasteiger partial charge on any atom is 0.0605 e. The molecule has 0 aliphatic carbocycles. The molecule has 1 fully saturated rings. The van der Waals surface area contributed by atoms with E-state index in [1.165, 1.54) is 0 Å². The lowest BCUT2D eigenvalue weighted by molar-refractivity contribution is 0.00346. The second kappa shape index (κ2) is 8.29. The first-order valence-electron chi connectivity index (χ1n) is 6.18. The topological polar surface area (TPSA) is 21.7 Å². The number of methoxy groups -OCH3 is 1. The molecular weight excluding hydrogens is 226 g/mol. The van der Waals surface area contributed by atoms with E-state index >= 15 is 0 Å². The summed E-state index contributed by atoms with van der Waals surface area (Å²) in [6, 6.07) is 0.619. The van der Waals surface area contributed by atoms with Gasteiger partial charge in [-0.15, -0.1) is 11.6 Å². The third kappa shape index (κ3) is 5.00. The Labute approximate surface area is 104 Å². The lowest BCUT2D eigenvalue weighted by atomic mass is 10.0. The maximum atomic E-state index is 5.66. The molecule has 0 aromatic heterocycles. The fraction of sp³-hybridized carbons (Fsp3) is 1.00. The lowest BCUT2D eigenvalue weighted by Gasteiger charge is -2.35. The minimum atomic E-state index is 0.421. The molecule has 1 heterocycles. The zero-order chi connectivity index (χ0) is 11.8. The summed E-state index contributed by atoms with van der Waals surface area (Å²) in [5.41, 5.74) is 0. The van der Waals surface area contributed by atoms with Crippen molar-refractivity contribution in [2.75, 3.05) is 39.3 Å². The first-order valence-corrected chi connectivity index (χ1v) is 6.72. The number of nitrogens with zero attached hydrogens (tertiary/aromatic N) is 1. The second-order valence-electron chi connectivity index (χ2n) is 4.43. The molecule has 0 spiro atoms. The Morgan fingerprint density at radius 1 is 1.31 bits per heavy atom. The number of hydrogen-bond acceptors (Lipinski definition) is 3. The zero-order valence-electron chi connectivity index (χ0n) is 10.5. The molecule has 1 aliphatic rings. The molecule has 1 atom stereocenters. The summed E-state index contributed by atoms with van der Waals surface area (Å²) in [5, 5.41) is 0. The van der Waals surface area contributed by atoms with Crippen molar-refractivity contribution in [3.05, 3.63) is 0 Å². The molecule has 4 heteroatoms. The lowest BCUT2D eigenvalue weighted by Crippen LogP contribution is -2.42. The Kier molecular flexibility index (Phi) is 7.37. The third-order valence-electron chi connectivity index (χ3n) is 3.27. The predicted molar refractivity (Wildman–Crippen MR) is 67.2 cm³/mol. The highest BCUT2D eigenvalue weighted by Crippen LogP contribution is 2.17. The van der Waals surface area contributed by atoms with E-state index in [4.69, 9.17) is 21.1 Å². The average Bonchev–Trinajstić information content (AvgIpc) is 2.34. The third-order valence-corrected chi connectivity index (χ3v) is 3.42. The van der Waals surface area contributed by atoms with Gasteiger partial charge in [-0.05, 0) is 26.2 Å². The van der Waals surface area contributed by atoms with Crippen molar-refractivity contribution in [2.24, 2.45) is 0 Å². The van der Waals surface area contributed by atoms with Crippen LogP contribution in [0.15, 0.2) is 0 Å². The number of likely N-dealkylation sites (tertiary alicyclic amines) is 1. The monoisotopic (exact) mass is 249 g/mol. The fourth-order valence-corrected chi connectivity index (χ4v) is 2.25. The van der Waals surface area contributed by atoms with Gasteiger partial charge in [-0.2, -0.15) is 0 Å². The van der Waals surface area contributed by atoms with Gasteiger partial charge in [0.2, 0.25) is 0 Å². The van der Waals surface area contributed by atoms with Crippen LogP contribution >= 0.6 is 11.6 Å². The van der Waals surface area contributed by atoms with Crippen LogP contribution in [-0.4, -0.2) is 56.3 Å². The van der Waals surface area contributed by atoms with E-state index in [0.717, 1.165) is 39.0 Å². The van der Waals surface area contributed by atoms with Crippen LogP contribution in [0.4, 0.5) is 0 Å². The van der Waals surface area contributed by atoms with Crippen LogP contribution in [0.3, 0.4) is 0 Å². The number of halogens is 1. The van der Waals surface area contributed by atoms with Crippen LogP contribution < -0.4 is 0 Å². The van der Waals surface area contributed by atoms with E-state index in [0.29, 0.717) is 24.6 Å². The molecule has 96 valence electrons. The number of piperidine rings is 1. The van der Waals surface area contributed by atoms with Crippen molar-refractivity contribution < 1.29 is 9.47 Å². The quantitative estimate of drug-likeness (QED) is 0.646. The smallest absolute Gasteiger partial charge is 0.0605 e. The van der Waals surface area contributed by atoms with Crippen LogP contribution in [0.2, 0.25) is 0 Å². The molecular formula is C12H24ClNO2. The average molecular weight is 250 g/mol. The Morgan fingerprint density at radius 2 is 2.00 bits per heavy atom. The molecule has 0 aromatic carbocycles. The molecule has 0 aromatic rings. The van der Waals surface area contributed by atoms with Crippen molar-refractivity contribution in [3.8, 4) is 0 Å². The summed E-state index contributed by atoms with van der Waals surface area (Å²) in [6.45, 7) is 6.09. The SMILES string of the molecule is COCCC(C)N1CCC(OCCCl)CC1. The fourth-order valence-electron chi connectivity index (χ4n) is 2.17. The maximum absolute atomic E-state index is 5.66. The van der Waals surface area contributed by atoms with E-state index < -0.39 is 0 Å². The minimum Gasteiger partial charge on any atom is -0.385 e. The standard InChI is InChI=1S/C12H24ClNO2/c1-11(5-9-15-2)14-7-3-12(4-8-14)16-10-6-13/h11-12H,3-10H2,1-2H3. The molecule has 0 saturated carbocycles. The molecule has 1 aliphatic heterocycles. The Hall–Kier alpha value is 0.170. The van der Waals surface area contributed by atoms with Crippen molar-refractivity contribution in [2.45, 2.75) is 38.3 Å².